The molecule has 2 unspecified atom stereocenters. The van der Waals surface area contributed by atoms with Crippen molar-refractivity contribution in [3.63, 3.8) is 0 Å². The van der Waals surface area contributed by atoms with Crippen LogP contribution in [0, 0.1) is 0 Å². The molecule has 0 radical (unpaired) electrons. The molecule has 2 aromatic rings. The highest BCUT2D eigenvalue weighted by Gasteiger charge is 2.22. The Labute approximate surface area is 125 Å². The molecule has 0 aliphatic rings. The van der Waals surface area contributed by atoms with Crippen molar-refractivity contribution in [1.82, 2.24) is 9.78 Å². The van der Waals surface area contributed by atoms with Crippen LogP contribution in [0.25, 0.3) is 0 Å². The van der Waals surface area contributed by atoms with Gasteiger partial charge in [0.05, 0.1) is 12.8 Å². The molecule has 1 aromatic heterocycles. The van der Waals surface area contributed by atoms with Gasteiger partial charge in [0.15, 0.2) is 0 Å². The summed E-state index contributed by atoms with van der Waals surface area (Å²) in [5.41, 5.74) is 8.28. The van der Waals surface area contributed by atoms with Gasteiger partial charge in [-0.2, -0.15) is 5.10 Å². The first-order valence-electron chi connectivity index (χ1n) is 7.12. The minimum absolute atomic E-state index is 0.0831. The molecule has 1 aromatic carbocycles. The second-order valence-corrected chi connectivity index (χ2v) is 5.14. The van der Waals surface area contributed by atoms with Crippen LogP contribution in [0.3, 0.4) is 0 Å². The standard InChI is InChI=1S/C16H23N3O2/c1-4-15(17)16(13-9-18-19(2)10-13)21-14-7-5-6-12(8-14)11-20-3/h5-10,15-16H,4,11,17H2,1-3H3. The molecular weight excluding hydrogens is 266 g/mol. The van der Waals surface area contributed by atoms with E-state index in [2.05, 4.69) is 12.0 Å². The topological polar surface area (TPSA) is 62.3 Å². The fraction of sp³-hybridized carbons (Fsp3) is 0.438. The van der Waals surface area contributed by atoms with Gasteiger partial charge < -0.3 is 15.2 Å². The van der Waals surface area contributed by atoms with E-state index in [-0.39, 0.29) is 12.1 Å². The lowest BCUT2D eigenvalue weighted by molar-refractivity contribution is 0.168. The monoisotopic (exact) mass is 289 g/mol. The van der Waals surface area contributed by atoms with Crippen molar-refractivity contribution in [2.24, 2.45) is 12.8 Å². The second-order valence-electron chi connectivity index (χ2n) is 5.14. The molecule has 21 heavy (non-hydrogen) atoms. The molecule has 0 fully saturated rings. The zero-order valence-corrected chi connectivity index (χ0v) is 12.8. The predicted octanol–water partition coefficient (Wildman–Crippen LogP) is 2.42. The Kier molecular flexibility index (Phi) is 5.36. The highest BCUT2D eigenvalue weighted by Crippen LogP contribution is 2.26. The normalized spacial score (nSPS) is 13.9. The molecule has 2 N–H and O–H groups in total. The summed E-state index contributed by atoms with van der Waals surface area (Å²) in [6, 6.07) is 7.80. The predicted molar refractivity (Wildman–Crippen MR) is 82.0 cm³/mol. The summed E-state index contributed by atoms with van der Waals surface area (Å²) in [6.45, 7) is 2.62. The van der Waals surface area contributed by atoms with Gasteiger partial charge in [0.2, 0.25) is 0 Å². The van der Waals surface area contributed by atoms with Crippen LogP contribution in [0.1, 0.15) is 30.6 Å². The minimum atomic E-state index is -0.207. The van der Waals surface area contributed by atoms with Crippen LogP contribution in [0.2, 0.25) is 0 Å². The maximum atomic E-state index is 6.22. The highest BCUT2D eigenvalue weighted by molar-refractivity contribution is 5.29. The Morgan fingerprint density at radius 1 is 1.38 bits per heavy atom. The summed E-state index contributed by atoms with van der Waals surface area (Å²) < 4.78 is 13.0. The molecule has 0 aliphatic carbocycles. The minimum Gasteiger partial charge on any atom is -0.484 e. The third kappa shape index (κ3) is 4.06. The molecule has 0 spiro atoms. The van der Waals surface area contributed by atoms with Crippen molar-refractivity contribution in [3.8, 4) is 5.75 Å². The van der Waals surface area contributed by atoms with E-state index < -0.39 is 0 Å². The van der Waals surface area contributed by atoms with Crippen molar-refractivity contribution in [3.05, 3.63) is 47.8 Å². The number of ether oxygens (including phenoxy) is 2. The van der Waals surface area contributed by atoms with E-state index in [1.807, 2.05) is 37.5 Å². The van der Waals surface area contributed by atoms with Crippen molar-refractivity contribution in [2.45, 2.75) is 32.1 Å². The number of methoxy groups -OCH3 is 1. The molecule has 5 heteroatoms. The van der Waals surface area contributed by atoms with Crippen LogP contribution in [-0.4, -0.2) is 22.9 Å². The van der Waals surface area contributed by atoms with Crippen LogP contribution in [0.4, 0.5) is 0 Å². The quantitative estimate of drug-likeness (QED) is 0.850. The molecule has 0 amide bonds. The molecule has 1 heterocycles. The molecule has 0 bridgehead atoms. The third-order valence-corrected chi connectivity index (χ3v) is 3.39. The van der Waals surface area contributed by atoms with E-state index in [9.17, 15) is 0 Å². The Hall–Kier alpha value is -1.85. The summed E-state index contributed by atoms with van der Waals surface area (Å²) in [6.07, 6.45) is 4.37. The van der Waals surface area contributed by atoms with Crippen molar-refractivity contribution in [2.75, 3.05) is 7.11 Å². The zero-order chi connectivity index (χ0) is 15.2. The molecule has 2 atom stereocenters. The number of hydrogen-bond acceptors (Lipinski definition) is 4. The lowest BCUT2D eigenvalue weighted by atomic mass is 10.0. The summed E-state index contributed by atoms with van der Waals surface area (Å²) >= 11 is 0. The number of rotatable bonds is 7. The van der Waals surface area contributed by atoms with Gasteiger partial charge in [-0.15, -0.1) is 0 Å². The maximum Gasteiger partial charge on any atom is 0.142 e. The summed E-state index contributed by atoms with van der Waals surface area (Å²) in [5, 5.41) is 4.20. The average molecular weight is 289 g/mol. The summed E-state index contributed by atoms with van der Waals surface area (Å²) in [5.74, 6) is 0.794. The first kappa shape index (κ1) is 15.5. The van der Waals surface area contributed by atoms with E-state index in [0.717, 1.165) is 23.3 Å². The first-order valence-corrected chi connectivity index (χ1v) is 7.12. The van der Waals surface area contributed by atoms with Gasteiger partial charge in [0.25, 0.3) is 0 Å². The molecular formula is C16H23N3O2. The van der Waals surface area contributed by atoms with E-state index in [4.69, 9.17) is 15.2 Å². The third-order valence-electron chi connectivity index (χ3n) is 3.39. The number of hydrogen-bond donors (Lipinski definition) is 1. The van der Waals surface area contributed by atoms with Crippen molar-refractivity contribution in [1.29, 1.82) is 0 Å². The smallest absolute Gasteiger partial charge is 0.142 e. The summed E-state index contributed by atoms with van der Waals surface area (Å²) in [7, 11) is 3.57. The van der Waals surface area contributed by atoms with Gasteiger partial charge in [-0.3, -0.25) is 4.68 Å². The number of benzene rings is 1. The highest BCUT2D eigenvalue weighted by atomic mass is 16.5. The Morgan fingerprint density at radius 3 is 2.81 bits per heavy atom. The Morgan fingerprint density at radius 2 is 2.19 bits per heavy atom. The van der Waals surface area contributed by atoms with Crippen LogP contribution in [-0.2, 0) is 18.4 Å². The fourth-order valence-corrected chi connectivity index (χ4v) is 2.23. The molecule has 5 nitrogen and oxygen atoms in total. The number of nitrogens with two attached hydrogens (primary N) is 1. The number of aryl methyl sites for hydroxylation is 1. The number of nitrogens with zero attached hydrogens (tertiary/aromatic N) is 2. The summed E-state index contributed by atoms with van der Waals surface area (Å²) in [4.78, 5) is 0. The Bertz CT molecular complexity index is 568. The SMILES string of the molecule is CCC(N)C(Oc1cccc(COC)c1)c1cnn(C)c1. The first-order chi connectivity index (χ1) is 10.1. The van der Waals surface area contributed by atoms with E-state index in [1.165, 1.54) is 0 Å². The average Bonchev–Trinajstić information content (AvgIpc) is 2.91. The van der Waals surface area contributed by atoms with Gasteiger partial charge in [0, 0.05) is 32.0 Å². The molecule has 0 aliphatic heterocycles. The van der Waals surface area contributed by atoms with Gasteiger partial charge in [-0.25, -0.2) is 0 Å². The number of aromatic nitrogens is 2. The van der Waals surface area contributed by atoms with E-state index >= 15 is 0 Å². The van der Waals surface area contributed by atoms with Gasteiger partial charge >= 0.3 is 0 Å². The second kappa shape index (κ2) is 7.24. The van der Waals surface area contributed by atoms with Crippen LogP contribution in [0.15, 0.2) is 36.7 Å². The molecule has 0 saturated heterocycles. The van der Waals surface area contributed by atoms with Crippen LogP contribution < -0.4 is 10.5 Å². The molecule has 2 rings (SSSR count). The molecule has 0 saturated carbocycles. The van der Waals surface area contributed by atoms with Crippen molar-refractivity contribution >= 4 is 0 Å². The molecule has 114 valence electrons. The lowest BCUT2D eigenvalue weighted by Crippen LogP contribution is -2.31. The van der Waals surface area contributed by atoms with Crippen LogP contribution in [0.5, 0.6) is 5.75 Å². The van der Waals surface area contributed by atoms with Gasteiger partial charge in [-0.05, 0) is 24.1 Å². The van der Waals surface area contributed by atoms with E-state index in [1.54, 1.807) is 18.0 Å². The van der Waals surface area contributed by atoms with E-state index in [0.29, 0.717) is 6.61 Å². The fourth-order valence-electron chi connectivity index (χ4n) is 2.23. The lowest BCUT2D eigenvalue weighted by Gasteiger charge is -2.23. The van der Waals surface area contributed by atoms with Crippen LogP contribution >= 0.6 is 0 Å². The zero-order valence-electron chi connectivity index (χ0n) is 12.8. The maximum absolute atomic E-state index is 6.22. The van der Waals surface area contributed by atoms with Gasteiger partial charge in [0.1, 0.15) is 11.9 Å². The van der Waals surface area contributed by atoms with Gasteiger partial charge in [-0.1, -0.05) is 19.1 Å². The Balaban J connectivity index is 2.20. The van der Waals surface area contributed by atoms with Crippen molar-refractivity contribution < 1.29 is 9.47 Å². The largest absolute Gasteiger partial charge is 0.484 e.